The van der Waals surface area contributed by atoms with Gasteiger partial charge in [0.05, 0.1) is 0 Å². The molecule has 0 heterocycles. The van der Waals surface area contributed by atoms with Crippen LogP contribution in [0.2, 0.25) is 0 Å². The Labute approximate surface area is 119 Å². The van der Waals surface area contributed by atoms with Crippen LogP contribution in [0.3, 0.4) is 0 Å². The molecule has 1 heteroatoms. The number of benzene rings is 1. The van der Waals surface area contributed by atoms with Crippen LogP contribution in [0, 0.1) is 0 Å². The second-order valence-electron chi connectivity index (χ2n) is 5.69. The van der Waals surface area contributed by atoms with Crippen molar-refractivity contribution in [1.29, 1.82) is 0 Å². The maximum Gasteiger partial charge on any atom is 0.00388 e. The monoisotopic (exact) mass is 261 g/mol. The van der Waals surface area contributed by atoms with Gasteiger partial charge in [0.1, 0.15) is 0 Å². The highest BCUT2D eigenvalue weighted by atomic mass is 14.6. The van der Waals surface area contributed by atoms with Gasteiger partial charge in [-0.15, -0.1) is 0 Å². The standard InChI is InChI=1S/C18H31N/c1-2-3-4-5-9-15-18(19)16-11-10-14-17-12-7-6-8-13-17/h6-8,12-13,18H,2-5,9-11,14-16,19H2,1H3. The maximum atomic E-state index is 6.17. The van der Waals surface area contributed by atoms with Gasteiger partial charge in [0, 0.05) is 6.04 Å². The molecule has 0 aliphatic heterocycles. The molecule has 108 valence electrons. The smallest absolute Gasteiger partial charge is 0.00388 e. The van der Waals surface area contributed by atoms with Crippen molar-refractivity contribution in [3.8, 4) is 0 Å². The minimum Gasteiger partial charge on any atom is -0.328 e. The molecule has 0 aromatic heterocycles. The van der Waals surface area contributed by atoms with E-state index in [0.717, 1.165) is 0 Å². The van der Waals surface area contributed by atoms with Crippen LogP contribution in [-0.2, 0) is 6.42 Å². The predicted molar refractivity (Wildman–Crippen MR) is 85.3 cm³/mol. The van der Waals surface area contributed by atoms with Crippen molar-refractivity contribution >= 4 is 0 Å². The largest absolute Gasteiger partial charge is 0.328 e. The molecule has 1 unspecified atom stereocenters. The van der Waals surface area contributed by atoms with E-state index in [1.807, 2.05) is 0 Å². The third-order valence-corrected chi connectivity index (χ3v) is 3.81. The summed E-state index contributed by atoms with van der Waals surface area (Å²) in [5.41, 5.74) is 7.62. The molecule has 0 fully saturated rings. The maximum absolute atomic E-state index is 6.17. The van der Waals surface area contributed by atoms with Gasteiger partial charge in [-0.3, -0.25) is 0 Å². The molecule has 0 saturated heterocycles. The zero-order valence-corrected chi connectivity index (χ0v) is 12.6. The zero-order valence-electron chi connectivity index (χ0n) is 12.6. The average molecular weight is 261 g/mol. The fourth-order valence-corrected chi connectivity index (χ4v) is 2.53. The van der Waals surface area contributed by atoms with Crippen LogP contribution < -0.4 is 5.73 Å². The highest BCUT2D eigenvalue weighted by Gasteiger charge is 2.02. The Morgan fingerprint density at radius 3 is 2.16 bits per heavy atom. The van der Waals surface area contributed by atoms with Crippen LogP contribution >= 0.6 is 0 Å². The number of unbranched alkanes of at least 4 members (excludes halogenated alkanes) is 5. The number of hydrogen-bond donors (Lipinski definition) is 1. The summed E-state index contributed by atoms with van der Waals surface area (Å²) in [7, 11) is 0. The second kappa shape index (κ2) is 11.0. The van der Waals surface area contributed by atoms with E-state index < -0.39 is 0 Å². The molecule has 0 aliphatic carbocycles. The van der Waals surface area contributed by atoms with Crippen molar-refractivity contribution in [3.63, 3.8) is 0 Å². The van der Waals surface area contributed by atoms with Gasteiger partial charge >= 0.3 is 0 Å². The first-order valence-corrected chi connectivity index (χ1v) is 8.12. The molecular weight excluding hydrogens is 230 g/mol. The minimum absolute atomic E-state index is 0.428. The Kier molecular flexibility index (Phi) is 9.44. The summed E-state index contributed by atoms with van der Waals surface area (Å²) in [6.07, 6.45) is 12.9. The molecule has 0 spiro atoms. The van der Waals surface area contributed by atoms with Gasteiger partial charge in [-0.2, -0.15) is 0 Å². The number of rotatable bonds is 11. The van der Waals surface area contributed by atoms with E-state index in [1.54, 1.807) is 0 Å². The van der Waals surface area contributed by atoms with Gasteiger partial charge in [0.2, 0.25) is 0 Å². The SMILES string of the molecule is CCCCCCCC(N)CCCCc1ccccc1. The molecule has 1 nitrogen and oxygen atoms in total. The molecular formula is C18H31N. The lowest BCUT2D eigenvalue weighted by Crippen LogP contribution is -2.19. The Hall–Kier alpha value is -0.820. The van der Waals surface area contributed by atoms with E-state index in [1.165, 1.54) is 69.8 Å². The first-order chi connectivity index (χ1) is 9.33. The van der Waals surface area contributed by atoms with Crippen LogP contribution in [-0.4, -0.2) is 6.04 Å². The molecule has 0 bridgehead atoms. The summed E-state index contributed by atoms with van der Waals surface area (Å²) in [6, 6.07) is 11.2. The fraction of sp³-hybridized carbons (Fsp3) is 0.667. The summed E-state index contributed by atoms with van der Waals surface area (Å²) < 4.78 is 0. The van der Waals surface area contributed by atoms with Crippen LogP contribution in [0.5, 0.6) is 0 Å². The molecule has 2 N–H and O–H groups in total. The Bertz CT molecular complexity index is 294. The highest BCUT2D eigenvalue weighted by molar-refractivity contribution is 5.14. The summed E-state index contributed by atoms with van der Waals surface area (Å²) in [5.74, 6) is 0. The quantitative estimate of drug-likeness (QED) is 0.552. The van der Waals surface area contributed by atoms with E-state index in [-0.39, 0.29) is 0 Å². The normalized spacial score (nSPS) is 12.5. The first kappa shape index (κ1) is 16.2. The van der Waals surface area contributed by atoms with Crippen molar-refractivity contribution in [2.75, 3.05) is 0 Å². The van der Waals surface area contributed by atoms with E-state index in [9.17, 15) is 0 Å². The van der Waals surface area contributed by atoms with E-state index >= 15 is 0 Å². The van der Waals surface area contributed by atoms with Crippen molar-refractivity contribution in [1.82, 2.24) is 0 Å². The van der Waals surface area contributed by atoms with Crippen LogP contribution in [0.25, 0.3) is 0 Å². The van der Waals surface area contributed by atoms with Gasteiger partial charge in [-0.1, -0.05) is 75.8 Å². The van der Waals surface area contributed by atoms with Gasteiger partial charge in [-0.25, -0.2) is 0 Å². The molecule has 0 aliphatic rings. The van der Waals surface area contributed by atoms with E-state index in [0.29, 0.717) is 6.04 Å². The van der Waals surface area contributed by atoms with Crippen LogP contribution in [0.4, 0.5) is 0 Å². The average Bonchev–Trinajstić information content (AvgIpc) is 2.44. The lowest BCUT2D eigenvalue weighted by molar-refractivity contribution is 0.496. The topological polar surface area (TPSA) is 26.0 Å². The van der Waals surface area contributed by atoms with Gasteiger partial charge in [0.25, 0.3) is 0 Å². The third kappa shape index (κ3) is 8.83. The zero-order chi connectivity index (χ0) is 13.8. The third-order valence-electron chi connectivity index (χ3n) is 3.81. The minimum atomic E-state index is 0.428. The Morgan fingerprint density at radius 2 is 1.47 bits per heavy atom. The van der Waals surface area contributed by atoms with Gasteiger partial charge < -0.3 is 5.73 Å². The van der Waals surface area contributed by atoms with Gasteiger partial charge in [-0.05, 0) is 31.2 Å². The van der Waals surface area contributed by atoms with Crippen molar-refractivity contribution in [2.24, 2.45) is 5.73 Å². The van der Waals surface area contributed by atoms with Crippen LogP contribution in [0.1, 0.15) is 70.3 Å². The molecule has 0 amide bonds. The lowest BCUT2D eigenvalue weighted by Gasteiger charge is -2.11. The summed E-state index contributed by atoms with van der Waals surface area (Å²) >= 11 is 0. The first-order valence-electron chi connectivity index (χ1n) is 8.12. The predicted octanol–water partition coefficient (Wildman–Crippen LogP) is 5.09. The Balaban J connectivity index is 1.94. The second-order valence-corrected chi connectivity index (χ2v) is 5.69. The van der Waals surface area contributed by atoms with Crippen LogP contribution in [0.15, 0.2) is 30.3 Å². The molecule has 1 aromatic carbocycles. The summed E-state index contributed by atoms with van der Waals surface area (Å²) in [5, 5.41) is 0. The summed E-state index contributed by atoms with van der Waals surface area (Å²) in [6.45, 7) is 2.26. The number of nitrogens with two attached hydrogens (primary N) is 1. The molecule has 0 saturated carbocycles. The molecule has 1 rings (SSSR count). The molecule has 1 aromatic rings. The fourth-order valence-electron chi connectivity index (χ4n) is 2.53. The molecule has 0 radical (unpaired) electrons. The molecule has 19 heavy (non-hydrogen) atoms. The van der Waals surface area contributed by atoms with Crippen molar-refractivity contribution in [2.45, 2.75) is 77.2 Å². The number of hydrogen-bond acceptors (Lipinski definition) is 1. The highest BCUT2D eigenvalue weighted by Crippen LogP contribution is 2.11. The molecule has 1 atom stereocenters. The van der Waals surface area contributed by atoms with Crippen molar-refractivity contribution in [3.05, 3.63) is 35.9 Å². The van der Waals surface area contributed by atoms with E-state index in [2.05, 4.69) is 37.3 Å². The number of aryl methyl sites for hydroxylation is 1. The lowest BCUT2D eigenvalue weighted by atomic mass is 10.0. The van der Waals surface area contributed by atoms with Gasteiger partial charge in [0.15, 0.2) is 0 Å². The van der Waals surface area contributed by atoms with Crippen molar-refractivity contribution < 1.29 is 0 Å². The van der Waals surface area contributed by atoms with E-state index in [4.69, 9.17) is 5.73 Å². The summed E-state index contributed by atoms with van der Waals surface area (Å²) in [4.78, 5) is 0. The Morgan fingerprint density at radius 1 is 0.842 bits per heavy atom.